The number of nitrogens with two attached hydrogens (primary N) is 1. The van der Waals surface area contributed by atoms with Crippen molar-refractivity contribution in [1.29, 1.82) is 0 Å². The van der Waals surface area contributed by atoms with E-state index in [0.717, 1.165) is 0 Å². The Balaban J connectivity index is 2.87. The molecule has 16 heavy (non-hydrogen) atoms. The van der Waals surface area contributed by atoms with Crippen LogP contribution in [0.5, 0.6) is 0 Å². The van der Waals surface area contributed by atoms with Gasteiger partial charge in [-0.1, -0.05) is 0 Å². The standard InChI is InChI=1S/C9H15N3O4/c10-7-1-3-12(9(15)11-7)8(2-4-13)16-6-5-14/h1,3,8,13-14H,2,4-6H2,(H2,10,11,15). The minimum atomic E-state index is -0.641. The molecule has 0 amide bonds. The van der Waals surface area contributed by atoms with E-state index in [1.807, 2.05) is 0 Å². The van der Waals surface area contributed by atoms with Crippen LogP contribution in [0, 0.1) is 0 Å². The Morgan fingerprint density at radius 3 is 2.81 bits per heavy atom. The number of aliphatic hydroxyl groups is 2. The summed E-state index contributed by atoms with van der Waals surface area (Å²) in [5, 5.41) is 17.5. The van der Waals surface area contributed by atoms with Crippen LogP contribution in [-0.4, -0.2) is 39.6 Å². The number of nitrogens with zero attached hydrogens (tertiary/aromatic N) is 2. The van der Waals surface area contributed by atoms with Crippen molar-refractivity contribution in [2.45, 2.75) is 12.6 Å². The molecule has 7 nitrogen and oxygen atoms in total. The quantitative estimate of drug-likeness (QED) is 0.560. The second-order valence-electron chi connectivity index (χ2n) is 3.10. The Morgan fingerprint density at radius 1 is 1.50 bits per heavy atom. The van der Waals surface area contributed by atoms with Gasteiger partial charge in [0.25, 0.3) is 0 Å². The van der Waals surface area contributed by atoms with E-state index in [1.54, 1.807) is 0 Å². The van der Waals surface area contributed by atoms with Crippen molar-refractivity contribution in [1.82, 2.24) is 9.55 Å². The summed E-state index contributed by atoms with van der Waals surface area (Å²) >= 11 is 0. The molecule has 1 rings (SSSR count). The third-order valence-corrected chi connectivity index (χ3v) is 1.94. The molecule has 1 aromatic rings. The predicted octanol–water partition coefficient (Wildman–Crippen LogP) is -1.28. The van der Waals surface area contributed by atoms with E-state index in [2.05, 4.69) is 4.98 Å². The highest BCUT2D eigenvalue weighted by molar-refractivity contribution is 5.23. The van der Waals surface area contributed by atoms with E-state index >= 15 is 0 Å². The first-order valence-electron chi connectivity index (χ1n) is 4.87. The number of rotatable bonds is 6. The topological polar surface area (TPSA) is 111 Å². The third-order valence-electron chi connectivity index (χ3n) is 1.94. The lowest BCUT2D eigenvalue weighted by atomic mass is 10.4. The van der Waals surface area contributed by atoms with E-state index in [9.17, 15) is 4.79 Å². The first-order valence-corrected chi connectivity index (χ1v) is 4.87. The van der Waals surface area contributed by atoms with Gasteiger partial charge in [-0.15, -0.1) is 0 Å². The lowest BCUT2D eigenvalue weighted by Gasteiger charge is -2.18. The summed E-state index contributed by atoms with van der Waals surface area (Å²) in [6.45, 7) is -0.201. The monoisotopic (exact) mass is 229 g/mol. The van der Waals surface area contributed by atoms with Crippen molar-refractivity contribution < 1.29 is 14.9 Å². The van der Waals surface area contributed by atoms with Gasteiger partial charge in [-0.25, -0.2) is 4.79 Å². The third kappa shape index (κ3) is 3.30. The molecular formula is C9H15N3O4. The zero-order valence-electron chi connectivity index (χ0n) is 8.74. The first kappa shape index (κ1) is 12.6. The van der Waals surface area contributed by atoms with Gasteiger partial charge in [-0.3, -0.25) is 4.57 Å². The molecule has 0 aliphatic carbocycles. The van der Waals surface area contributed by atoms with Crippen LogP contribution < -0.4 is 11.4 Å². The van der Waals surface area contributed by atoms with E-state index in [1.165, 1.54) is 16.8 Å². The average molecular weight is 229 g/mol. The van der Waals surface area contributed by atoms with Gasteiger partial charge in [0, 0.05) is 19.2 Å². The molecule has 1 unspecified atom stereocenters. The molecule has 1 heterocycles. The number of nitrogen functional groups attached to an aromatic ring is 1. The number of anilines is 1. The lowest BCUT2D eigenvalue weighted by molar-refractivity contribution is -0.0306. The van der Waals surface area contributed by atoms with Gasteiger partial charge >= 0.3 is 5.69 Å². The minimum absolute atomic E-state index is 0.0848. The highest BCUT2D eigenvalue weighted by Gasteiger charge is 2.12. The van der Waals surface area contributed by atoms with Crippen molar-refractivity contribution in [2.75, 3.05) is 25.6 Å². The molecule has 7 heteroatoms. The second-order valence-corrected chi connectivity index (χ2v) is 3.10. The summed E-state index contributed by atoms with van der Waals surface area (Å²) in [5.41, 5.74) is 4.80. The molecule has 0 saturated heterocycles. The normalized spacial score (nSPS) is 12.6. The molecule has 0 aliphatic heterocycles. The molecule has 1 aromatic heterocycles. The van der Waals surface area contributed by atoms with Crippen LogP contribution >= 0.6 is 0 Å². The SMILES string of the molecule is Nc1ccn(C(CCO)OCCO)c(=O)n1. The van der Waals surface area contributed by atoms with E-state index in [0.29, 0.717) is 0 Å². The fraction of sp³-hybridized carbons (Fsp3) is 0.556. The molecule has 90 valence electrons. The summed E-state index contributed by atoms with van der Waals surface area (Å²) in [5.74, 6) is 0.131. The molecule has 0 spiro atoms. The van der Waals surface area contributed by atoms with E-state index in [-0.39, 0.29) is 32.1 Å². The minimum Gasteiger partial charge on any atom is -0.396 e. The second kappa shape index (κ2) is 6.21. The van der Waals surface area contributed by atoms with Crippen LogP contribution in [0.4, 0.5) is 5.82 Å². The van der Waals surface area contributed by atoms with Gasteiger partial charge < -0.3 is 20.7 Å². The van der Waals surface area contributed by atoms with E-state index in [4.69, 9.17) is 20.7 Å². The number of hydrogen-bond acceptors (Lipinski definition) is 6. The van der Waals surface area contributed by atoms with Gasteiger partial charge in [-0.2, -0.15) is 4.98 Å². The van der Waals surface area contributed by atoms with Gasteiger partial charge in [0.2, 0.25) is 0 Å². The van der Waals surface area contributed by atoms with Crippen molar-refractivity contribution in [3.63, 3.8) is 0 Å². The molecule has 0 aliphatic rings. The largest absolute Gasteiger partial charge is 0.396 e. The van der Waals surface area contributed by atoms with Crippen molar-refractivity contribution in [2.24, 2.45) is 0 Å². The van der Waals surface area contributed by atoms with Crippen LogP contribution in [-0.2, 0) is 4.74 Å². The summed E-state index contributed by atoms with van der Waals surface area (Å²) in [6, 6.07) is 1.47. The summed E-state index contributed by atoms with van der Waals surface area (Å²) in [7, 11) is 0. The Hall–Kier alpha value is -1.44. The maximum atomic E-state index is 11.5. The smallest absolute Gasteiger partial charge is 0.351 e. The molecule has 0 saturated carbocycles. The van der Waals surface area contributed by atoms with Gasteiger partial charge in [0.1, 0.15) is 12.0 Å². The first-order chi connectivity index (χ1) is 7.69. The summed E-state index contributed by atoms with van der Waals surface area (Å²) in [6.07, 6.45) is 1.05. The van der Waals surface area contributed by atoms with E-state index < -0.39 is 11.9 Å². The average Bonchev–Trinajstić information content (AvgIpc) is 2.25. The van der Waals surface area contributed by atoms with Crippen LogP contribution in [0.25, 0.3) is 0 Å². The van der Waals surface area contributed by atoms with Crippen LogP contribution in [0.1, 0.15) is 12.6 Å². The summed E-state index contributed by atoms with van der Waals surface area (Å²) in [4.78, 5) is 15.0. The molecule has 0 fully saturated rings. The fourth-order valence-corrected chi connectivity index (χ4v) is 1.25. The molecule has 0 aromatic carbocycles. The van der Waals surface area contributed by atoms with Crippen molar-refractivity contribution >= 4 is 5.82 Å². The Labute approximate surface area is 92.1 Å². The van der Waals surface area contributed by atoms with Gasteiger partial charge in [0.05, 0.1) is 13.2 Å². The highest BCUT2D eigenvalue weighted by Crippen LogP contribution is 2.10. The Morgan fingerprint density at radius 2 is 2.25 bits per heavy atom. The molecular weight excluding hydrogens is 214 g/mol. The highest BCUT2D eigenvalue weighted by atomic mass is 16.5. The number of aliphatic hydroxyl groups excluding tert-OH is 2. The maximum Gasteiger partial charge on any atom is 0.351 e. The Kier molecular flexibility index (Phi) is 4.90. The molecule has 0 radical (unpaired) electrons. The molecule has 1 atom stereocenters. The zero-order valence-corrected chi connectivity index (χ0v) is 8.74. The van der Waals surface area contributed by atoms with Crippen LogP contribution in [0.15, 0.2) is 17.1 Å². The summed E-state index contributed by atoms with van der Waals surface area (Å²) < 4.78 is 6.44. The predicted molar refractivity (Wildman–Crippen MR) is 56.7 cm³/mol. The number of aromatic nitrogens is 2. The molecule has 0 bridgehead atoms. The Bertz CT molecular complexity index is 379. The number of ether oxygens (including phenoxy) is 1. The number of hydrogen-bond donors (Lipinski definition) is 3. The van der Waals surface area contributed by atoms with Gasteiger partial charge in [-0.05, 0) is 6.07 Å². The lowest BCUT2D eigenvalue weighted by Crippen LogP contribution is -2.29. The van der Waals surface area contributed by atoms with Gasteiger partial charge in [0.15, 0.2) is 0 Å². The zero-order chi connectivity index (χ0) is 12.0. The van der Waals surface area contributed by atoms with Crippen molar-refractivity contribution in [3.05, 3.63) is 22.7 Å². The van der Waals surface area contributed by atoms with Crippen LogP contribution in [0.2, 0.25) is 0 Å². The fourth-order valence-electron chi connectivity index (χ4n) is 1.25. The van der Waals surface area contributed by atoms with Crippen LogP contribution in [0.3, 0.4) is 0 Å². The van der Waals surface area contributed by atoms with Crippen molar-refractivity contribution in [3.8, 4) is 0 Å². The maximum absolute atomic E-state index is 11.5. The molecule has 4 N–H and O–H groups in total.